The highest BCUT2D eigenvalue weighted by Crippen LogP contribution is 2.28. The van der Waals surface area contributed by atoms with Crippen molar-refractivity contribution < 1.29 is 14.6 Å². The van der Waals surface area contributed by atoms with E-state index in [0.717, 1.165) is 16.7 Å². The minimum Gasteiger partial charge on any atom is -0.493 e. The minimum atomic E-state index is -0.0154. The third-order valence-corrected chi connectivity index (χ3v) is 2.74. The second-order valence-corrected chi connectivity index (χ2v) is 4.30. The average molecular weight is 259 g/mol. The van der Waals surface area contributed by atoms with Crippen molar-refractivity contribution in [1.82, 2.24) is 4.98 Å². The highest BCUT2D eigenvalue weighted by molar-refractivity contribution is 5.42. The van der Waals surface area contributed by atoms with E-state index in [1.807, 2.05) is 19.1 Å². The van der Waals surface area contributed by atoms with Crippen LogP contribution in [0.25, 0.3) is 0 Å². The van der Waals surface area contributed by atoms with Gasteiger partial charge in [-0.2, -0.15) is 0 Å². The van der Waals surface area contributed by atoms with E-state index < -0.39 is 0 Å². The first-order valence-electron chi connectivity index (χ1n) is 6.04. The molecule has 100 valence electrons. The zero-order chi connectivity index (χ0) is 13.7. The fourth-order valence-electron chi connectivity index (χ4n) is 1.79. The van der Waals surface area contributed by atoms with Crippen LogP contribution in [-0.2, 0) is 13.2 Å². The molecule has 0 saturated heterocycles. The molecule has 2 rings (SSSR count). The van der Waals surface area contributed by atoms with Gasteiger partial charge in [0, 0.05) is 18.0 Å². The van der Waals surface area contributed by atoms with E-state index in [9.17, 15) is 0 Å². The van der Waals surface area contributed by atoms with E-state index in [-0.39, 0.29) is 6.61 Å². The van der Waals surface area contributed by atoms with Gasteiger partial charge in [0.25, 0.3) is 0 Å². The Bertz CT molecular complexity index is 555. The summed E-state index contributed by atoms with van der Waals surface area (Å²) >= 11 is 0. The first kappa shape index (κ1) is 13.4. The third kappa shape index (κ3) is 3.45. The van der Waals surface area contributed by atoms with Crippen molar-refractivity contribution in [1.29, 1.82) is 0 Å². The van der Waals surface area contributed by atoms with E-state index in [4.69, 9.17) is 14.6 Å². The van der Waals surface area contributed by atoms with Crippen LogP contribution in [0.3, 0.4) is 0 Å². The number of ether oxygens (including phenoxy) is 2. The number of aryl methyl sites for hydroxylation is 1. The van der Waals surface area contributed by atoms with Crippen LogP contribution in [-0.4, -0.2) is 17.2 Å². The molecule has 0 saturated carbocycles. The van der Waals surface area contributed by atoms with E-state index in [2.05, 4.69) is 4.98 Å². The Labute approximate surface area is 112 Å². The van der Waals surface area contributed by atoms with Crippen LogP contribution in [0.15, 0.2) is 36.7 Å². The van der Waals surface area contributed by atoms with Crippen LogP contribution >= 0.6 is 0 Å². The molecule has 1 aromatic carbocycles. The van der Waals surface area contributed by atoms with Gasteiger partial charge in [0.1, 0.15) is 6.61 Å². The first-order valence-corrected chi connectivity index (χ1v) is 6.04. The van der Waals surface area contributed by atoms with E-state index in [1.165, 1.54) is 0 Å². The van der Waals surface area contributed by atoms with Gasteiger partial charge in [0.2, 0.25) is 0 Å². The lowest BCUT2D eigenvalue weighted by molar-refractivity contribution is 0.274. The number of aliphatic hydroxyl groups is 1. The van der Waals surface area contributed by atoms with Crippen molar-refractivity contribution in [2.75, 3.05) is 7.11 Å². The molecule has 0 atom stereocenters. The summed E-state index contributed by atoms with van der Waals surface area (Å²) in [5, 5.41) is 9.08. The molecular formula is C15H17NO3. The molecule has 4 nitrogen and oxygen atoms in total. The average Bonchev–Trinajstić information content (AvgIpc) is 2.45. The number of aliphatic hydroxyl groups excluding tert-OH is 1. The number of rotatable bonds is 5. The zero-order valence-electron chi connectivity index (χ0n) is 11.1. The molecule has 0 aliphatic heterocycles. The van der Waals surface area contributed by atoms with Gasteiger partial charge in [0.15, 0.2) is 11.5 Å². The van der Waals surface area contributed by atoms with Gasteiger partial charge >= 0.3 is 0 Å². The number of pyridine rings is 1. The van der Waals surface area contributed by atoms with Crippen LogP contribution < -0.4 is 9.47 Å². The molecule has 0 amide bonds. The molecule has 1 N–H and O–H groups in total. The van der Waals surface area contributed by atoms with Crippen molar-refractivity contribution in [3.8, 4) is 11.5 Å². The second kappa shape index (κ2) is 6.20. The first-order chi connectivity index (χ1) is 9.22. The molecule has 0 unspecified atom stereocenters. The monoisotopic (exact) mass is 259 g/mol. The Kier molecular flexibility index (Phi) is 4.36. The number of hydrogen-bond acceptors (Lipinski definition) is 4. The summed E-state index contributed by atoms with van der Waals surface area (Å²) in [7, 11) is 1.58. The Balaban J connectivity index is 2.11. The number of aromatic nitrogens is 1. The second-order valence-electron chi connectivity index (χ2n) is 4.30. The minimum absolute atomic E-state index is 0.0154. The molecule has 1 aromatic heterocycles. The van der Waals surface area contributed by atoms with Crippen molar-refractivity contribution in [2.24, 2.45) is 0 Å². The van der Waals surface area contributed by atoms with Gasteiger partial charge in [-0.1, -0.05) is 6.07 Å². The zero-order valence-corrected chi connectivity index (χ0v) is 11.1. The number of hydrogen-bond donors (Lipinski definition) is 1. The smallest absolute Gasteiger partial charge is 0.161 e. The van der Waals surface area contributed by atoms with Gasteiger partial charge in [-0.3, -0.25) is 4.98 Å². The lowest BCUT2D eigenvalue weighted by Crippen LogP contribution is -1.99. The normalized spacial score (nSPS) is 10.3. The van der Waals surface area contributed by atoms with Crippen molar-refractivity contribution in [3.63, 3.8) is 0 Å². The Morgan fingerprint density at radius 2 is 1.95 bits per heavy atom. The molecule has 0 bridgehead atoms. The van der Waals surface area contributed by atoms with Crippen LogP contribution in [0.5, 0.6) is 11.5 Å². The lowest BCUT2D eigenvalue weighted by Gasteiger charge is -2.11. The molecule has 0 fully saturated rings. The van der Waals surface area contributed by atoms with Gasteiger partial charge in [-0.15, -0.1) is 0 Å². The predicted octanol–water partition coefficient (Wildman–Crippen LogP) is 2.47. The molecule has 0 radical (unpaired) electrons. The van der Waals surface area contributed by atoms with E-state index >= 15 is 0 Å². The summed E-state index contributed by atoms with van der Waals surface area (Å²) in [5.41, 5.74) is 2.90. The Morgan fingerprint density at radius 1 is 1.11 bits per heavy atom. The van der Waals surface area contributed by atoms with Crippen molar-refractivity contribution in [3.05, 3.63) is 53.3 Å². The number of methoxy groups -OCH3 is 1. The van der Waals surface area contributed by atoms with Crippen molar-refractivity contribution in [2.45, 2.75) is 20.1 Å². The highest BCUT2D eigenvalue weighted by atomic mass is 16.5. The maximum atomic E-state index is 9.08. The predicted molar refractivity (Wildman–Crippen MR) is 72.2 cm³/mol. The van der Waals surface area contributed by atoms with Gasteiger partial charge < -0.3 is 14.6 Å². The quantitative estimate of drug-likeness (QED) is 0.896. The molecule has 0 aliphatic rings. The summed E-state index contributed by atoms with van der Waals surface area (Å²) in [6.45, 7) is 2.41. The topological polar surface area (TPSA) is 51.6 Å². The van der Waals surface area contributed by atoms with Gasteiger partial charge in [0.05, 0.1) is 13.7 Å². The summed E-state index contributed by atoms with van der Waals surface area (Å²) in [4.78, 5) is 4.12. The van der Waals surface area contributed by atoms with Crippen LogP contribution in [0.4, 0.5) is 0 Å². The van der Waals surface area contributed by atoms with E-state index in [1.54, 1.807) is 31.6 Å². The van der Waals surface area contributed by atoms with Crippen LogP contribution in [0.2, 0.25) is 0 Å². The molecular weight excluding hydrogens is 242 g/mol. The third-order valence-electron chi connectivity index (χ3n) is 2.74. The fourth-order valence-corrected chi connectivity index (χ4v) is 1.79. The maximum Gasteiger partial charge on any atom is 0.161 e. The highest BCUT2D eigenvalue weighted by Gasteiger charge is 2.06. The Hall–Kier alpha value is -2.07. The van der Waals surface area contributed by atoms with Crippen LogP contribution in [0, 0.1) is 6.92 Å². The largest absolute Gasteiger partial charge is 0.493 e. The summed E-state index contributed by atoms with van der Waals surface area (Å²) in [6.07, 6.45) is 3.59. The standard InChI is InChI=1S/C15H17NO3/c1-11-5-13(8-16-7-11)10-19-14-4-3-12(9-17)6-15(14)18-2/h3-8,17H,9-10H2,1-2H3. The SMILES string of the molecule is COc1cc(CO)ccc1OCc1cncc(C)c1. The molecule has 2 aromatic rings. The molecule has 19 heavy (non-hydrogen) atoms. The van der Waals surface area contributed by atoms with Crippen LogP contribution in [0.1, 0.15) is 16.7 Å². The summed E-state index contributed by atoms with van der Waals surface area (Å²) < 4.78 is 11.0. The molecule has 0 aliphatic carbocycles. The summed E-state index contributed by atoms with van der Waals surface area (Å²) in [5.74, 6) is 1.27. The number of nitrogens with zero attached hydrogens (tertiary/aromatic N) is 1. The van der Waals surface area contributed by atoms with Gasteiger partial charge in [-0.05, 0) is 36.2 Å². The Morgan fingerprint density at radius 3 is 2.63 bits per heavy atom. The summed E-state index contributed by atoms with van der Waals surface area (Å²) in [6, 6.07) is 7.41. The maximum absolute atomic E-state index is 9.08. The molecule has 1 heterocycles. The molecule has 4 heteroatoms. The lowest BCUT2D eigenvalue weighted by atomic mass is 10.2. The van der Waals surface area contributed by atoms with Crippen molar-refractivity contribution >= 4 is 0 Å². The number of benzene rings is 1. The fraction of sp³-hybridized carbons (Fsp3) is 0.267. The van der Waals surface area contributed by atoms with E-state index in [0.29, 0.717) is 18.1 Å². The van der Waals surface area contributed by atoms with Gasteiger partial charge in [-0.25, -0.2) is 0 Å². The molecule has 0 spiro atoms.